The molecule has 1 fully saturated rings. The largest absolute Gasteiger partial charge is 0.392 e. The lowest BCUT2D eigenvalue weighted by Crippen LogP contribution is -2.41. The predicted octanol–water partition coefficient (Wildman–Crippen LogP) is -1.29. The molecule has 1 heterocycles. The maximum atomic E-state index is 11.2. The van der Waals surface area contributed by atoms with E-state index in [-0.39, 0.29) is 18.2 Å². The van der Waals surface area contributed by atoms with Crippen LogP contribution in [0.15, 0.2) is 0 Å². The minimum Gasteiger partial charge on any atom is -0.392 e. The van der Waals surface area contributed by atoms with E-state index in [0.717, 1.165) is 0 Å². The molecule has 0 bridgehead atoms. The summed E-state index contributed by atoms with van der Waals surface area (Å²) in [6.45, 7) is 2.04. The molecule has 1 rings (SSSR count). The molecule has 0 aromatic carbocycles. The number of carbonyl (C=O) groups excluding carboxylic acids is 2. The number of aliphatic hydroxyl groups is 1. The van der Waals surface area contributed by atoms with Gasteiger partial charge in [0.1, 0.15) is 0 Å². The van der Waals surface area contributed by atoms with Crippen molar-refractivity contribution in [1.29, 1.82) is 0 Å². The number of nitrogens with zero attached hydrogens (tertiary/aromatic N) is 1. The van der Waals surface area contributed by atoms with Crippen molar-refractivity contribution < 1.29 is 14.7 Å². The zero-order chi connectivity index (χ0) is 10.0. The van der Waals surface area contributed by atoms with Gasteiger partial charge in [-0.3, -0.25) is 19.8 Å². The maximum Gasteiger partial charge on any atom is 0.244 e. The van der Waals surface area contributed by atoms with E-state index < -0.39 is 12.1 Å². The summed E-state index contributed by atoms with van der Waals surface area (Å²) in [5.74, 6) is -0.513. The number of likely N-dealkylation sites (N-methyl/N-ethyl adjacent to an activating group) is 1. The zero-order valence-electron chi connectivity index (χ0n) is 7.78. The van der Waals surface area contributed by atoms with E-state index >= 15 is 0 Å². The Morgan fingerprint density at radius 1 is 1.69 bits per heavy atom. The van der Waals surface area contributed by atoms with Crippen molar-refractivity contribution >= 4 is 11.8 Å². The van der Waals surface area contributed by atoms with Gasteiger partial charge in [0, 0.05) is 6.54 Å². The molecular formula is C8H14N2O3. The summed E-state index contributed by atoms with van der Waals surface area (Å²) in [4.78, 5) is 23.7. The molecule has 5 nitrogen and oxygen atoms in total. The van der Waals surface area contributed by atoms with Crippen LogP contribution in [0, 0.1) is 0 Å². The second-order valence-corrected chi connectivity index (χ2v) is 3.42. The highest BCUT2D eigenvalue weighted by atomic mass is 16.3. The smallest absolute Gasteiger partial charge is 0.244 e. The molecule has 74 valence electrons. The number of amides is 2. The Kier molecular flexibility index (Phi) is 3.00. The fourth-order valence-electron chi connectivity index (χ4n) is 1.44. The summed E-state index contributed by atoms with van der Waals surface area (Å²) in [6.07, 6.45) is -0.296. The Morgan fingerprint density at radius 3 is 2.69 bits per heavy atom. The van der Waals surface area contributed by atoms with E-state index in [1.807, 2.05) is 0 Å². The Balaban J connectivity index is 2.52. The second kappa shape index (κ2) is 3.85. The van der Waals surface area contributed by atoms with Crippen molar-refractivity contribution in [3.8, 4) is 0 Å². The molecule has 0 aliphatic carbocycles. The van der Waals surface area contributed by atoms with Crippen LogP contribution in [-0.2, 0) is 9.59 Å². The summed E-state index contributed by atoms with van der Waals surface area (Å²) < 4.78 is 0. The Labute approximate surface area is 76.7 Å². The number of hydrogen-bond acceptors (Lipinski definition) is 4. The highest BCUT2D eigenvalue weighted by Gasteiger charge is 2.33. The number of rotatable bonds is 3. The maximum absolute atomic E-state index is 11.2. The lowest BCUT2D eigenvalue weighted by Gasteiger charge is -2.22. The molecule has 13 heavy (non-hydrogen) atoms. The summed E-state index contributed by atoms with van der Waals surface area (Å²) in [6, 6.07) is -0.415. The van der Waals surface area contributed by atoms with Gasteiger partial charge in [0.25, 0.3) is 0 Å². The van der Waals surface area contributed by atoms with Crippen LogP contribution in [0.4, 0.5) is 0 Å². The van der Waals surface area contributed by atoms with E-state index in [9.17, 15) is 9.59 Å². The van der Waals surface area contributed by atoms with Crippen LogP contribution in [0.5, 0.6) is 0 Å². The molecule has 2 unspecified atom stereocenters. The van der Waals surface area contributed by atoms with Crippen molar-refractivity contribution in [2.45, 2.75) is 25.5 Å². The molecule has 1 aliphatic rings. The molecule has 2 N–H and O–H groups in total. The van der Waals surface area contributed by atoms with Crippen molar-refractivity contribution in [1.82, 2.24) is 10.2 Å². The van der Waals surface area contributed by atoms with E-state index in [1.165, 1.54) is 0 Å². The Morgan fingerprint density at radius 2 is 2.31 bits per heavy atom. The van der Waals surface area contributed by atoms with Gasteiger partial charge in [0.2, 0.25) is 11.8 Å². The normalized spacial score (nSPS) is 25.1. The van der Waals surface area contributed by atoms with Gasteiger partial charge in [0.15, 0.2) is 0 Å². The minimum absolute atomic E-state index is 0.196. The van der Waals surface area contributed by atoms with E-state index in [0.29, 0.717) is 6.54 Å². The van der Waals surface area contributed by atoms with Crippen LogP contribution in [0.1, 0.15) is 13.3 Å². The van der Waals surface area contributed by atoms with Crippen molar-refractivity contribution in [3.63, 3.8) is 0 Å². The molecule has 0 aromatic heterocycles. The Hall–Kier alpha value is -0.940. The molecule has 2 atom stereocenters. The third kappa shape index (κ3) is 2.50. The number of carbonyl (C=O) groups is 2. The first-order valence-electron chi connectivity index (χ1n) is 4.22. The van der Waals surface area contributed by atoms with Gasteiger partial charge >= 0.3 is 0 Å². The monoisotopic (exact) mass is 186 g/mol. The minimum atomic E-state index is -0.492. The molecule has 0 spiro atoms. The SMILES string of the molecule is CC(O)CN(C)C1CC(=O)NC1=O. The molecule has 0 radical (unpaired) electrons. The van der Waals surface area contributed by atoms with E-state index in [2.05, 4.69) is 5.32 Å². The zero-order valence-corrected chi connectivity index (χ0v) is 7.78. The van der Waals surface area contributed by atoms with Gasteiger partial charge in [-0.05, 0) is 14.0 Å². The quantitative estimate of drug-likeness (QED) is 0.538. The van der Waals surface area contributed by atoms with Gasteiger partial charge in [0.05, 0.1) is 18.6 Å². The van der Waals surface area contributed by atoms with Crippen LogP contribution in [0.25, 0.3) is 0 Å². The third-order valence-electron chi connectivity index (χ3n) is 2.03. The predicted molar refractivity (Wildman–Crippen MR) is 45.9 cm³/mol. The molecule has 0 saturated carbocycles. The fourth-order valence-corrected chi connectivity index (χ4v) is 1.44. The summed E-state index contributed by atoms with van der Waals surface area (Å²) in [7, 11) is 1.72. The van der Waals surface area contributed by atoms with Gasteiger partial charge in [-0.15, -0.1) is 0 Å². The second-order valence-electron chi connectivity index (χ2n) is 3.42. The number of aliphatic hydroxyl groups excluding tert-OH is 1. The average molecular weight is 186 g/mol. The number of hydrogen-bond donors (Lipinski definition) is 2. The molecule has 5 heteroatoms. The summed E-state index contributed by atoms with van der Waals surface area (Å²) >= 11 is 0. The van der Waals surface area contributed by atoms with Gasteiger partial charge in [-0.2, -0.15) is 0 Å². The topological polar surface area (TPSA) is 69.6 Å². The van der Waals surface area contributed by atoms with Crippen LogP contribution in [0.2, 0.25) is 0 Å². The first kappa shape index (κ1) is 10.1. The molecular weight excluding hydrogens is 172 g/mol. The standard InChI is InChI=1S/C8H14N2O3/c1-5(11)4-10(2)6-3-7(12)9-8(6)13/h5-6,11H,3-4H2,1-2H3,(H,9,12,13). The van der Waals surface area contributed by atoms with Crippen LogP contribution in [0.3, 0.4) is 0 Å². The first-order valence-corrected chi connectivity index (χ1v) is 4.22. The first-order chi connectivity index (χ1) is 6.00. The van der Waals surface area contributed by atoms with Crippen LogP contribution in [-0.4, -0.2) is 47.6 Å². The average Bonchev–Trinajstić information content (AvgIpc) is 2.28. The Bertz CT molecular complexity index is 227. The van der Waals surface area contributed by atoms with E-state index in [4.69, 9.17) is 5.11 Å². The molecule has 1 aliphatic heterocycles. The fraction of sp³-hybridized carbons (Fsp3) is 0.750. The van der Waals surface area contributed by atoms with Crippen molar-refractivity contribution in [2.24, 2.45) is 0 Å². The highest BCUT2D eigenvalue weighted by molar-refractivity contribution is 6.05. The van der Waals surface area contributed by atoms with Gasteiger partial charge in [-0.1, -0.05) is 0 Å². The molecule has 0 aromatic rings. The lowest BCUT2D eigenvalue weighted by atomic mass is 10.2. The summed E-state index contributed by atoms with van der Waals surface area (Å²) in [5, 5.41) is 11.3. The number of nitrogens with one attached hydrogen (secondary N) is 1. The molecule has 1 saturated heterocycles. The number of imide groups is 1. The van der Waals surface area contributed by atoms with Crippen LogP contribution < -0.4 is 5.32 Å². The lowest BCUT2D eigenvalue weighted by molar-refractivity contribution is -0.126. The van der Waals surface area contributed by atoms with Crippen molar-refractivity contribution in [3.05, 3.63) is 0 Å². The third-order valence-corrected chi connectivity index (χ3v) is 2.03. The molecule has 2 amide bonds. The van der Waals surface area contributed by atoms with Gasteiger partial charge in [-0.25, -0.2) is 0 Å². The van der Waals surface area contributed by atoms with Gasteiger partial charge < -0.3 is 5.11 Å². The highest BCUT2D eigenvalue weighted by Crippen LogP contribution is 2.08. The van der Waals surface area contributed by atoms with E-state index in [1.54, 1.807) is 18.9 Å². The van der Waals surface area contributed by atoms with Crippen molar-refractivity contribution in [2.75, 3.05) is 13.6 Å². The van der Waals surface area contributed by atoms with Crippen LogP contribution >= 0.6 is 0 Å². The summed E-state index contributed by atoms with van der Waals surface area (Å²) in [5.41, 5.74) is 0.